The highest BCUT2D eigenvalue weighted by atomic mass is 32.2. The second-order valence-corrected chi connectivity index (χ2v) is 8.08. The zero-order valence-corrected chi connectivity index (χ0v) is 15.9. The van der Waals surface area contributed by atoms with E-state index in [0.29, 0.717) is 12.1 Å². The first-order chi connectivity index (χ1) is 13.0. The van der Waals surface area contributed by atoms with E-state index < -0.39 is 26.9 Å². The van der Waals surface area contributed by atoms with Gasteiger partial charge in [-0.25, -0.2) is 8.42 Å². The Hall–Kier alpha value is -2.74. The quantitative estimate of drug-likeness (QED) is 0.527. The van der Waals surface area contributed by atoms with Crippen molar-refractivity contribution in [3.63, 3.8) is 0 Å². The molecule has 2 aromatic rings. The SMILES string of the molecule is CCCCNC(=O)C(=O)NC[C@@H](c1cccnc1)S(=O)(=O)c1ccccc1. The maximum Gasteiger partial charge on any atom is 0.309 e. The lowest BCUT2D eigenvalue weighted by Gasteiger charge is -2.18. The molecule has 0 aliphatic heterocycles. The third-order valence-corrected chi connectivity index (χ3v) is 6.09. The first-order valence-electron chi connectivity index (χ1n) is 8.71. The van der Waals surface area contributed by atoms with Crippen LogP contribution in [0.5, 0.6) is 0 Å². The van der Waals surface area contributed by atoms with Gasteiger partial charge in [-0.15, -0.1) is 0 Å². The van der Waals surface area contributed by atoms with Crippen LogP contribution in [0.2, 0.25) is 0 Å². The number of nitrogens with one attached hydrogen (secondary N) is 2. The second kappa shape index (κ2) is 9.82. The number of hydrogen-bond acceptors (Lipinski definition) is 5. The number of carbonyl (C=O) groups excluding carboxylic acids is 2. The summed E-state index contributed by atoms with van der Waals surface area (Å²) in [5, 5.41) is 3.88. The number of nitrogens with zero attached hydrogens (tertiary/aromatic N) is 1. The Labute approximate surface area is 159 Å². The zero-order chi connectivity index (χ0) is 19.7. The van der Waals surface area contributed by atoms with Crippen molar-refractivity contribution in [2.24, 2.45) is 0 Å². The van der Waals surface area contributed by atoms with Gasteiger partial charge in [-0.1, -0.05) is 37.6 Å². The first-order valence-corrected chi connectivity index (χ1v) is 10.3. The van der Waals surface area contributed by atoms with Gasteiger partial charge in [0.15, 0.2) is 9.84 Å². The molecule has 0 saturated carbocycles. The molecule has 0 saturated heterocycles. The number of aromatic nitrogens is 1. The number of rotatable bonds is 8. The summed E-state index contributed by atoms with van der Waals surface area (Å²) in [6.07, 6.45) is 4.63. The minimum absolute atomic E-state index is 0.139. The van der Waals surface area contributed by atoms with Gasteiger partial charge >= 0.3 is 11.8 Å². The van der Waals surface area contributed by atoms with Crippen molar-refractivity contribution in [2.75, 3.05) is 13.1 Å². The molecule has 1 aromatic heterocycles. The normalized spacial score (nSPS) is 12.2. The van der Waals surface area contributed by atoms with E-state index in [1.807, 2.05) is 6.92 Å². The van der Waals surface area contributed by atoms with E-state index in [4.69, 9.17) is 0 Å². The second-order valence-electron chi connectivity index (χ2n) is 5.95. The van der Waals surface area contributed by atoms with E-state index in [1.54, 1.807) is 30.3 Å². The summed E-state index contributed by atoms with van der Waals surface area (Å²) >= 11 is 0. The van der Waals surface area contributed by atoms with Gasteiger partial charge in [-0.2, -0.15) is 0 Å². The maximum atomic E-state index is 13.0. The summed E-state index contributed by atoms with van der Waals surface area (Å²) in [5.41, 5.74) is 0.438. The fraction of sp³-hybridized carbons (Fsp3) is 0.316. The number of amides is 2. The van der Waals surface area contributed by atoms with Crippen LogP contribution in [0.3, 0.4) is 0 Å². The molecule has 2 N–H and O–H groups in total. The van der Waals surface area contributed by atoms with Crippen LogP contribution in [0.4, 0.5) is 0 Å². The van der Waals surface area contributed by atoms with Crippen molar-refractivity contribution in [1.82, 2.24) is 15.6 Å². The molecule has 1 atom stereocenters. The third kappa shape index (κ3) is 5.62. The fourth-order valence-corrected chi connectivity index (χ4v) is 4.14. The summed E-state index contributed by atoms with van der Waals surface area (Å²) in [4.78, 5) is 27.9. The lowest BCUT2D eigenvalue weighted by atomic mass is 10.2. The average molecular weight is 389 g/mol. The molecule has 0 bridgehead atoms. The highest BCUT2D eigenvalue weighted by molar-refractivity contribution is 7.91. The molecule has 2 amide bonds. The standard InChI is InChI=1S/C19H23N3O4S/c1-2-3-12-21-18(23)19(24)22-14-17(15-8-7-11-20-13-15)27(25,26)16-9-5-4-6-10-16/h4-11,13,17H,2-3,12,14H2,1H3,(H,21,23)(H,22,24)/t17-/m0/s1. The lowest BCUT2D eigenvalue weighted by molar-refractivity contribution is -0.139. The summed E-state index contributed by atoms with van der Waals surface area (Å²) in [6.45, 7) is 2.14. The first kappa shape index (κ1) is 20.6. The van der Waals surface area contributed by atoms with Gasteiger partial charge in [0.05, 0.1) is 4.90 Å². The Morgan fingerprint density at radius 2 is 1.74 bits per heavy atom. The Morgan fingerprint density at radius 3 is 2.37 bits per heavy atom. The topological polar surface area (TPSA) is 105 Å². The number of pyridine rings is 1. The Morgan fingerprint density at radius 1 is 1.04 bits per heavy atom. The van der Waals surface area contributed by atoms with Crippen LogP contribution < -0.4 is 10.6 Å². The number of unbranched alkanes of at least 4 members (excludes halogenated alkanes) is 1. The summed E-state index contributed by atoms with van der Waals surface area (Å²) in [6, 6.07) is 11.2. The Balaban J connectivity index is 2.18. The molecule has 0 unspecified atom stereocenters. The molecule has 0 radical (unpaired) electrons. The predicted octanol–water partition coefficient (Wildman–Crippen LogP) is 1.63. The van der Waals surface area contributed by atoms with Crippen molar-refractivity contribution in [2.45, 2.75) is 29.9 Å². The highest BCUT2D eigenvalue weighted by Gasteiger charge is 2.30. The van der Waals surface area contributed by atoms with E-state index in [1.165, 1.54) is 24.5 Å². The molecule has 2 rings (SSSR count). The number of hydrogen-bond donors (Lipinski definition) is 2. The van der Waals surface area contributed by atoms with Crippen LogP contribution >= 0.6 is 0 Å². The van der Waals surface area contributed by atoms with Crippen LogP contribution in [0, 0.1) is 0 Å². The molecule has 1 heterocycles. The van der Waals surface area contributed by atoms with Gasteiger partial charge in [-0.3, -0.25) is 14.6 Å². The van der Waals surface area contributed by atoms with E-state index in [2.05, 4.69) is 15.6 Å². The van der Waals surface area contributed by atoms with E-state index in [-0.39, 0.29) is 11.4 Å². The van der Waals surface area contributed by atoms with Crippen molar-refractivity contribution < 1.29 is 18.0 Å². The zero-order valence-electron chi connectivity index (χ0n) is 15.1. The molecule has 0 aliphatic rings. The molecule has 1 aromatic carbocycles. The molecule has 0 aliphatic carbocycles. The van der Waals surface area contributed by atoms with Gasteiger partial charge in [0, 0.05) is 25.5 Å². The highest BCUT2D eigenvalue weighted by Crippen LogP contribution is 2.27. The molecule has 0 spiro atoms. The van der Waals surface area contributed by atoms with E-state index in [9.17, 15) is 18.0 Å². The molecule has 0 fully saturated rings. The Bertz CT molecular complexity index is 855. The van der Waals surface area contributed by atoms with Crippen LogP contribution in [-0.2, 0) is 19.4 Å². The van der Waals surface area contributed by atoms with Crippen molar-refractivity contribution >= 4 is 21.7 Å². The van der Waals surface area contributed by atoms with Gasteiger partial charge < -0.3 is 10.6 Å². The molecule has 8 heteroatoms. The number of sulfone groups is 1. The Kier molecular flexibility index (Phi) is 7.48. The average Bonchev–Trinajstić information content (AvgIpc) is 2.69. The van der Waals surface area contributed by atoms with E-state index >= 15 is 0 Å². The van der Waals surface area contributed by atoms with Crippen LogP contribution in [0.25, 0.3) is 0 Å². The summed E-state index contributed by atoms with van der Waals surface area (Å²) < 4.78 is 26.1. The third-order valence-electron chi connectivity index (χ3n) is 3.97. The summed E-state index contributed by atoms with van der Waals surface area (Å²) in [5.74, 6) is -1.63. The molecule has 7 nitrogen and oxygen atoms in total. The molecular weight excluding hydrogens is 366 g/mol. The van der Waals surface area contributed by atoms with Gasteiger partial charge in [0.2, 0.25) is 0 Å². The minimum Gasteiger partial charge on any atom is -0.348 e. The molecule has 27 heavy (non-hydrogen) atoms. The maximum absolute atomic E-state index is 13.0. The predicted molar refractivity (Wildman–Crippen MR) is 102 cm³/mol. The van der Waals surface area contributed by atoms with Gasteiger partial charge in [-0.05, 0) is 30.2 Å². The van der Waals surface area contributed by atoms with Crippen molar-refractivity contribution in [3.05, 3.63) is 60.4 Å². The van der Waals surface area contributed by atoms with Gasteiger partial charge in [0.1, 0.15) is 5.25 Å². The molecule has 144 valence electrons. The number of carbonyl (C=O) groups is 2. The van der Waals surface area contributed by atoms with Crippen LogP contribution in [0.15, 0.2) is 59.8 Å². The molecular formula is C19H23N3O4S. The van der Waals surface area contributed by atoms with Crippen molar-refractivity contribution in [3.8, 4) is 0 Å². The lowest BCUT2D eigenvalue weighted by Crippen LogP contribution is -2.42. The largest absolute Gasteiger partial charge is 0.348 e. The minimum atomic E-state index is -3.78. The van der Waals surface area contributed by atoms with E-state index in [0.717, 1.165) is 12.8 Å². The number of benzene rings is 1. The van der Waals surface area contributed by atoms with Crippen molar-refractivity contribution in [1.29, 1.82) is 0 Å². The smallest absolute Gasteiger partial charge is 0.309 e. The fourth-order valence-electron chi connectivity index (χ4n) is 2.47. The monoisotopic (exact) mass is 389 g/mol. The summed E-state index contributed by atoms with van der Waals surface area (Å²) in [7, 11) is -3.78. The van der Waals surface area contributed by atoms with Gasteiger partial charge in [0.25, 0.3) is 0 Å². The van der Waals surface area contributed by atoms with Crippen LogP contribution in [0.1, 0.15) is 30.6 Å². The van der Waals surface area contributed by atoms with Crippen LogP contribution in [-0.4, -0.2) is 38.3 Å².